The maximum absolute atomic E-state index is 11.4. The average molecular weight is 467 g/mol. The first kappa shape index (κ1) is 23.8. The summed E-state index contributed by atoms with van der Waals surface area (Å²) in [6.07, 6.45) is 2.00. The largest absolute Gasteiger partial charge is 0.481 e. The van der Waals surface area contributed by atoms with Crippen molar-refractivity contribution in [3.8, 4) is 0 Å². The molecule has 1 aliphatic rings. The van der Waals surface area contributed by atoms with Gasteiger partial charge < -0.3 is 20.1 Å². The van der Waals surface area contributed by atoms with E-state index >= 15 is 0 Å². The predicted octanol–water partition coefficient (Wildman–Crippen LogP) is 5.33. The fraction of sp³-hybridized carbons (Fsp3) is 0.591. The quantitative estimate of drug-likeness (QED) is 0.516. The number of ether oxygens (including phenoxy) is 1. The minimum absolute atomic E-state index is 0.0477. The van der Waals surface area contributed by atoms with E-state index in [1.165, 1.54) is 11.5 Å². The van der Waals surface area contributed by atoms with E-state index < -0.39 is 11.4 Å². The Morgan fingerprint density at radius 1 is 1.39 bits per heavy atom. The van der Waals surface area contributed by atoms with E-state index in [2.05, 4.69) is 39.5 Å². The summed E-state index contributed by atoms with van der Waals surface area (Å²) < 4.78 is 9.65. The Labute approximate surface area is 192 Å². The summed E-state index contributed by atoms with van der Waals surface area (Å²) in [6, 6.07) is 6.57. The third kappa shape index (κ3) is 6.30. The Morgan fingerprint density at radius 2 is 2.10 bits per heavy atom. The molecule has 1 fully saturated rings. The third-order valence-electron chi connectivity index (χ3n) is 5.52. The number of carbonyl (C=O) groups is 1. The van der Waals surface area contributed by atoms with Crippen LogP contribution in [0.1, 0.15) is 52.5 Å². The molecule has 3 rings (SSSR count). The van der Waals surface area contributed by atoms with E-state index in [1.807, 2.05) is 26.0 Å². The number of halogens is 1. The Balaban J connectivity index is 2.04. The van der Waals surface area contributed by atoms with Gasteiger partial charge in [0.1, 0.15) is 0 Å². The van der Waals surface area contributed by atoms with Gasteiger partial charge in [-0.3, -0.25) is 4.79 Å². The van der Waals surface area contributed by atoms with Crippen LogP contribution < -0.4 is 10.2 Å². The molecule has 0 spiro atoms. The molecule has 170 valence electrons. The molecule has 1 aromatic heterocycles. The number of aliphatic carboxylic acids is 1. The molecule has 1 aliphatic heterocycles. The highest BCUT2D eigenvalue weighted by molar-refractivity contribution is 7.10. The van der Waals surface area contributed by atoms with Gasteiger partial charge in [0.05, 0.1) is 17.8 Å². The fourth-order valence-electron chi connectivity index (χ4n) is 3.99. The van der Waals surface area contributed by atoms with Crippen molar-refractivity contribution in [2.24, 2.45) is 5.92 Å². The van der Waals surface area contributed by atoms with Crippen molar-refractivity contribution in [3.05, 3.63) is 29.0 Å². The normalized spacial score (nSPS) is 15.3. The van der Waals surface area contributed by atoms with Gasteiger partial charge >= 0.3 is 5.97 Å². The highest BCUT2D eigenvalue weighted by Gasteiger charge is 2.28. The monoisotopic (exact) mass is 466 g/mol. The number of carboxylic acids is 1. The maximum Gasteiger partial charge on any atom is 0.304 e. The standard InChI is InChI=1S/C22H31ClN4O3S/c1-14(2)13-27(16-7-9-30-10-8-16)18-6-5-15(22(3,4)12-19(28)29)11-17(18)24-21-25-20(23)26-31-21/h5-6,11,14,16H,7-10,12-13H2,1-4H3,(H,28,29)(H,24,25,26). The van der Waals surface area contributed by atoms with E-state index in [0.717, 1.165) is 49.5 Å². The molecule has 0 amide bonds. The summed E-state index contributed by atoms with van der Waals surface area (Å²) in [6.45, 7) is 10.8. The summed E-state index contributed by atoms with van der Waals surface area (Å²) in [5.41, 5.74) is 2.40. The molecular formula is C22H31ClN4O3S. The number of hydrogen-bond donors (Lipinski definition) is 2. The summed E-state index contributed by atoms with van der Waals surface area (Å²) in [5, 5.41) is 13.6. The first-order valence-corrected chi connectivity index (χ1v) is 11.8. The number of aromatic nitrogens is 2. The molecule has 0 radical (unpaired) electrons. The Kier molecular flexibility index (Phi) is 7.78. The molecule has 2 aromatic rings. The molecule has 0 aliphatic carbocycles. The zero-order chi connectivity index (χ0) is 22.6. The lowest BCUT2D eigenvalue weighted by Crippen LogP contribution is -2.42. The number of rotatable bonds is 9. The molecule has 9 heteroatoms. The predicted molar refractivity (Wildman–Crippen MR) is 126 cm³/mol. The number of anilines is 3. The van der Waals surface area contributed by atoms with Crippen molar-refractivity contribution in [1.29, 1.82) is 0 Å². The van der Waals surface area contributed by atoms with Crippen molar-refractivity contribution in [1.82, 2.24) is 9.36 Å². The van der Waals surface area contributed by atoms with Crippen molar-refractivity contribution >= 4 is 45.6 Å². The number of hydrogen-bond acceptors (Lipinski definition) is 7. The number of benzene rings is 1. The molecule has 2 N–H and O–H groups in total. The van der Waals surface area contributed by atoms with E-state index in [-0.39, 0.29) is 11.7 Å². The molecule has 2 heterocycles. The van der Waals surface area contributed by atoms with Gasteiger partial charge in [0.15, 0.2) is 0 Å². The zero-order valence-electron chi connectivity index (χ0n) is 18.5. The Morgan fingerprint density at radius 3 is 2.68 bits per heavy atom. The lowest BCUT2D eigenvalue weighted by Gasteiger charge is -2.38. The summed E-state index contributed by atoms with van der Waals surface area (Å²) in [4.78, 5) is 18.1. The first-order valence-electron chi connectivity index (χ1n) is 10.6. The van der Waals surface area contributed by atoms with Gasteiger partial charge in [0, 0.05) is 42.7 Å². The highest BCUT2D eigenvalue weighted by Crippen LogP contribution is 2.38. The van der Waals surface area contributed by atoms with Gasteiger partial charge in [0.2, 0.25) is 10.4 Å². The van der Waals surface area contributed by atoms with Gasteiger partial charge in [-0.15, -0.1) is 0 Å². The molecule has 0 atom stereocenters. The van der Waals surface area contributed by atoms with Crippen LogP contribution in [0.15, 0.2) is 18.2 Å². The van der Waals surface area contributed by atoms with Crippen LogP contribution in [0.5, 0.6) is 0 Å². The Bertz CT molecular complexity index is 897. The Hall–Kier alpha value is -1.90. The number of nitrogens with zero attached hydrogens (tertiary/aromatic N) is 3. The van der Waals surface area contributed by atoms with Crippen LogP contribution in [-0.4, -0.2) is 46.2 Å². The minimum Gasteiger partial charge on any atom is -0.481 e. The maximum atomic E-state index is 11.4. The molecule has 0 unspecified atom stereocenters. The van der Waals surface area contributed by atoms with Crippen molar-refractivity contribution in [2.75, 3.05) is 30.0 Å². The second-order valence-corrected chi connectivity index (χ2v) is 10.2. The first-order chi connectivity index (χ1) is 14.7. The van der Waals surface area contributed by atoms with Gasteiger partial charge in [-0.1, -0.05) is 33.8 Å². The third-order valence-corrected chi connectivity index (χ3v) is 6.42. The van der Waals surface area contributed by atoms with Crippen molar-refractivity contribution < 1.29 is 14.6 Å². The fourth-order valence-corrected chi connectivity index (χ4v) is 4.72. The second-order valence-electron chi connectivity index (χ2n) is 9.07. The SMILES string of the molecule is CC(C)CN(c1ccc(C(C)(C)CC(=O)O)cc1Nc1nc(Cl)ns1)C1CCOCC1. The van der Waals surface area contributed by atoms with Crippen molar-refractivity contribution in [3.63, 3.8) is 0 Å². The van der Waals surface area contributed by atoms with Gasteiger partial charge in [-0.05, 0) is 48.1 Å². The number of carboxylic acid groups (broad SMARTS) is 1. The van der Waals surface area contributed by atoms with Crippen LogP contribution in [0.3, 0.4) is 0 Å². The van der Waals surface area contributed by atoms with Crippen LogP contribution in [0.2, 0.25) is 5.28 Å². The summed E-state index contributed by atoms with van der Waals surface area (Å²) in [5.74, 6) is -0.335. The number of nitrogens with one attached hydrogen (secondary N) is 1. The smallest absolute Gasteiger partial charge is 0.304 e. The molecule has 1 saturated heterocycles. The van der Waals surface area contributed by atoms with Crippen LogP contribution in [-0.2, 0) is 14.9 Å². The van der Waals surface area contributed by atoms with Crippen LogP contribution in [0.4, 0.5) is 16.5 Å². The molecule has 31 heavy (non-hydrogen) atoms. The summed E-state index contributed by atoms with van der Waals surface area (Å²) >= 11 is 7.14. The van der Waals surface area contributed by atoms with Crippen molar-refractivity contribution in [2.45, 2.75) is 58.4 Å². The lowest BCUT2D eigenvalue weighted by molar-refractivity contribution is -0.138. The molecule has 1 aromatic carbocycles. The van der Waals surface area contributed by atoms with Gasteiger partial charge in [-0.25, -0.2) is 0 Å². The summed E-state index contributed by atoms with van der Waals surface area (Å²) in [7, 11) is 0. The highest BCUT2D eigenvalue weighted by atomic mass is 35.5. The molecule has 0 bridgehead atoms. The second kappa shape index (κ2) is 10.1. The van der Waals surface area contributed by atoms with Crippen LogP contribution >= 0.6 is 23.1 Å². The van der Waals surface area contributed by atoms with E-state index in [0.29, 0.717) is 17.1 Å². The average Bonchev–Trinajstić information content (AvgIpc) is 3.10. The molecular weight excluding hydrogens is 436 g/mol. The molecule has 0 saturated carbocycles. The minimum atomic E-state index is -0.817. The van der Waals surface area contributed by atoms with E-state index in [4.69, 9.17) is 16.3 Å². The van der Waals surface area contributed by atoms with Crippen LogP contribution in [0.25, 0.3) is 0 Å². The molecule has 7 nitrogen and oxygen atoms in total. The topological polar surface area (TPSA) is 87.6 Å². The van der Waals surface area contributed by atoms with Crippen LogP contribution in [0, 0.1) is 5.92 Å². The van der Waals surface area contributed by atoms with Gasteiger partial charge in [0.25, 0.3) is 0 Å². The van der Waals surface area contributed by atoms with E-state index in [1.54, 1.807) is 0 Å². The van der Waals surface area contributed by atoms with Gasteiger partial charge in [-0.2, -0.15) is 9.36 Å². The lowest BCUT2D eigenvalue weighted by atomic mass is 9.81. The van der Waals surface area contributed by atoms with E-state index in [9.17, 15) is 9.90 Å². The zero-order valence-corrected chi connectivity index (χ0v) is 20.1.